The molecule has 0 aliphatic carbocycles. The van der Waals surface area contributed by atoms with Crippen LogP contribution in [0, 0.1) is 0 Å². The minimum absolute atomic E-state index is 0.245. The Balaban J connectivity index is 1.80. The van der Waals surface area contributed by atoms with Crippen LogP contribution >= 0.6 is 39.9 Å². The smallest absolute Gasteiger partial charge is 0.285 e. The summed E-state index contributed by atoms with van der Waals surface area (Å²) in [5.74, 6) is 0.372. The van der Waals surface area contributed by atoms with Gasteiger partial charge in [0, 0.05) is 21.7 Å². The Hall–Kier alpha value is -2.36. The zero-order chi connectivity index (χ0) is 20.3. The zero-order valence-electron chi connectivity index (χ0n) is 14.9. The van der Waals surface area contributed by atoms with E-state index in [1.54, 1.807) is 55.7 Å². The van der Waals surface area contributed by atoms with Gasteiger partial charge in [-0.25, -0.2) is 0 Å². The van der Waals surface area contributed by atoms with Crippen molar-refractivity contribution in [1.29, 1.82) is 0 Å². The van der Waals surface area contributed by atoms with Crippen molar-refractivity contribution in [2.45, 2.75) is 0 Å². The molecule has 6 nitrogen and oxygen atoms in total. The molecule has 28 heavy (non-hydrogen) atoms. The van der Waals surface area contributed by atoms with Gasteiger partial charge >= 0.3 is 0 Å². The van der Waals surface area contributed by atoms with E-state index in [2.05, 4.69) is 21.4 Å². The highest BCUT2D eigenvalue weighted by Gasteiger charge is 2.34. The van der Waals surface area contributed by atoms with Crippen molar-refractivity contribution >= 4 is 62.1 Å². The lowest BCUT2D eigenvalue weighted by molar-refractivity contribution is -0.123. The number of amides is 2. The molecule has 2 amide bonds. The van der Waals surface area contributed by atoms with Crippen molar-refractivity contribution in [2.24, 2.45) is 0 Å². The third kappa shape index (κ3) is 4.37. The number of ether oxygens (including phenoxy) is 2. The Bertz CT molecular complexity index is 976. The second-order valence-corrected chi connectivity index (χ2v) is 8.16. The van der Waals surface area contributed by atoms with E-state index in [9.17, 15) is 9.59 Å². The van der Waals surface area contributed by atoms with E-state index in [4.69, 9.17) is 21.7 Å². The summed E-state index contributed by atoms with van der Waals surface area (Å²) in [6.45, 7) is 0. The van der Waals surface area contributed by atoms with Gasteiger partial charge in [0.1, 0.15) is 11.5 Å². The first-order valence-corrected chi connectivity index (χ1v) is 10.0. The summed E-state index contributed by atoms with van der Waals surface area (Å²) >= 11 is 9.68. The number of thioether (sulfide) groups is 1. The standard InChI is InChI=1S/C19H15BrN2O4S2/c1-25-14-8-5-12(15(10-14)26-2)9-16-18(24)22(19(27)28-16)21-17(23)11-3-6-13(20)7-4-11/h3-10H,1-2H3,(H,21,23)/b16-9-. The Morgan fingerprint density at radius 1 is 1.18 bits per heavy atom. The minimum Gasteiger partial charge on any atom is -0.497 e. The SMILES string of the molecule is COc1ccc(/C=C2\SC(=S)N(NC(=O)c3ccc(Br)cc3)C2=O)c(OC)c1. The fraction of sp³-hybridized carbons (Fsp3) is 0.105. The van der Waals surface area contributed by atoms with E-state index >= 15 is 0 Å². The maximum absolute atomic E-state index is 12.7. The fourth-order valence-electron chi connectivity index (χ4n) is 2.41. The van der Waals surface area contributed by atoms with Crippen LogP contribution in [0.1, 0.15) is 15.9 Å². The zero-order valence-corrected chi connectivity index (χ0v) is 18.1. The molecule has 1 N–H and O–H groups in total. The van der Waals surface area contributed by atoms with Gasteiger partial charge in [0.2, 0.25) is 0 Å². The van der Waals surface area contributed by atoms with Crippen molar-refractivity contribution in [3.8, 4) is 11.5 Å². The molecule has 0 atom stereocenters. The van der Waals surface area contributed by atoms with E-state index in [1.807, 2.05) is 0 Å². The van der Waals surface area contributed by atoms with E-state index in [1.165, 1.54) is 7.11 Å². The maximum atomic E-state index is 12.7. The van der Waals surface area contributed by atoms with Crippen LogP contribution < -0.4 is 14.9 Å². The summed E-state index contributed by atoms with van der Waals surface area (Å²) in [6.07, 6.45) is 1.67. The van der Waals surface area contributed by atoms with Crippen LogP contribution in [0.5, 0.6) is 11.5 Å². The summed E-state index contributed by atoms with van der Waals surface area (Å²) in [4.78, 5) is 25.5. The first kappa shape index (κ1) is 20.4. The third-order valence-electron chi connectivity index (χ3n) is 3.84. The monoisotopic (exact) mass is 478 g/mol. The maximum Gasteiger partial charge on any atom is 0.285 e. The molecular formula is C19H15BrN2O4S2. The predicted molar refractivity (Wildman–Crippen MR) is 116 cm³/mol. The molecule has 0 unspecified atom stereocenters. The molecule has 0 radical (unpaired) electrons. The Labute approximate surface area is 180 Å². The van der Waals surface area contributed by atoms with Crippen molar-refractivity contribution < 1.29 is 19.1 Å². The topological polar surface area (TPSA) is 67.9 Å². The summed E-state index contributed by atoms with van der Waals surface area (Å²) in [6, 6.07) is 12.1. The lowest BCUT2D eigenvalue weighted by atomic mass is 10.1. The lowest BCUT2D eigenvalue weighted by Crippen LogP contribution is -2.44. The summed E-state index contributed by atoms with van der Waals surface area (Å²) in [5.41, 5.74) is 3.66. The molecular weight excluding hydrogens is 464 g/mol. The van der Waals surface area contributed by atoms with Crippen molar-refractivity contribution in [2.75, 3.05) is 14.2 Å². The van der Waals surface area contributed by atoms with Crippen LogP contribution in [0.25, 0.3) is 6.08 Å². The molecule has 3 rings (SSSR count). The largest absolute Gasteiger partial charge is 0.497 e. The molecule has 1 aliphatic heterocycles. The quantitative estimate of drug-likeness (QED) is 0.517. The van der Waals surface area contributed by atoms with Gasteiger partial charge in [-0.2, -0.15) is 5.01 Å². The summed E-state index contributed by atoms with van der Waals surface area (Å²) < 4.78 is 11.6. The molecule has 0 saturated carbocycles. The molecule has 9 heteroatoms. The highest BCUT2D eigenvalue weighted by atomic mass is 79.9. The van der Waals surface area contributed by atoms with Gasteiger partial charge in [0.05, 0.1) is 19.1 Å². The van der Waals surface area contributed by atoms with Crippen molar-refractivity contribution in [3.05, 3.63) is 63.0 Å². The number of halogens is 1. The molecule has 1 saturated heterocycles. The molecule has 1 fully saturated rings. The predicted octanol–water partition coefficient (Wildman–Crippen LogP) is 4.01. The molecule has 2 aromatic carbocycles. The summed E-state index contributed by atoms with van der Waals surface area (Å²) in [5, 5.41) is 1.08. The third-order valence-corrected chi connectivity index (χ3v) is 5.67. The van der Waals surface area contributed by atoms with E-state index < -0.39 is 11.8 Å². The van der Waals surface area contributed by atoms with Crippen LogP contribution in [-0.2, 0) is 4.79 Å². The molecule has 2 aromatic rings. The van der Waals surface area contributed by atoms with Crippen molar-refractivity contribution in [1.82, 2.24) is 10.4 Å². The molecule has 0 aromatic heterocycles. The van der Waals surface area contributed by atoms with Gasteiger partial charge in [-0.15, -0.1) is 0 Å². The van der Waals surface area contributed by atoms with Gasteiger partial charge in [0.15, 0.2) is 4.32 Å². The van der Waals surface area contributed by atoms with Crippen LogP contribution in [0.15, 0.2) is 51.8 Å². The number of carbonyl (C=O) groups is 2. The Kier molecular flexibility index (Phi) is 6.38. The number of hydrazine groups is 1. The highest BCUT2D eigenvalue weighted by Crippen LogP contribution is 2.34. The number of thiocarbonyl (C=S) groups is 1. The molecule has 144 valence electrons. The first-order chi connectivity index (χ1) is 13.4. The minimum atomic E-state index is -0.424. The average molecular weight is 479 g/mol. The second-order valence-electron chi connectivity index (χ2n) is 5.57. The van der Waals surface area contributed by atoms with Gasteiger partial charge in [0.25, 0.3) is 11.8 Å². The van der Waals surface area contributed by atoms with Crippen LogP contribution in [-0.4, -0.2) is 35.4 Å². The summed E-state index contributed by atoms with van der Waals surface area (Å²) in [7, 11) is 3.10. The van der Waals surface area contributed by atoms with E-state index in [-0.39, 0.29) is 4.32 Å². The first-order valence-electron chi connectivity index (χ1n) is 7.99. The van der Waals surface area contributed by atoms with Gasteiger partial charge in [-0.1, -0.05) is 27.7 Å². The number of carbonyl (C=O) groups excluding carboxylic acids is 2. The number of benzene rings is 2. The fourth-order valence-corrected chi connectivity index (χ4v) is 3.85. The number of rotatable bonds is 5. The number of nitrogens with zero attached hydrogens (tertiary/aromatic N) is 1. The number of hydrogen-bond acceptors (Lipinski definition) is 6. The molecule has 0 bridgehead atoms. The van der Waals surface area contributed by atoms with Crippen molar-refractivity contribution in [3.63, 3.8) is 0 Å². The molecule has 0 spiro atoms. The molecule has 1 heterocycles. The van der Waals surface area contributed by atoms with Gasteiger partial charge < -0.3 is 9.47 Å². The molecule has 1 aliphatic rings. The average Bonchev–Trinajstić information content (AvgIpc) is 2.96. The number of hydrogen-bond donors (Lipinski definition) is 1. The lowest BCUT2D eigenvalue weighted by Gasteiger charge is -2.15. The van der Waals surface area contributed by atoms with Gasteiger partial charge in [-0.05, 0) is 54.7 Å². The van der Waals surface area contributed by atoms with Crippen LogP contribution in [0.3, 0.4) is 0 Å². The van der Waals surface area contributed by atoms with Crippen LogP contribution in [0.2, 0.25) is 0 Å². The van der Waals surface area contributed by atoms with E-state index in [0.29, 0.717) is 27.5 Å². The van der Waals surface area contributed by atoms with Crippen LogP contribution in [0.4, 0.5) is 0 Å². The highest BCUT2D eigenvalue weighted by molar-refractivity contribution is 9.10. The Morgan fingerprint density at radius 3 is 2.54 bits per heavy atom. The number of nitrogens with one attached hydrogen (secondary N) is 1. The van der Waals surface area contributed by atoms with E-state index in [0.717, 1.165) is 21.2 Å². The second kappa shape index (κ2) is 8.76. The Morgan fingerprint density at radius 2 is 1.89 bits per heavy atom. The van der Waals surface area contributed by atoms with Gasteiger partial charge in [-0.3, -0.25) is 15.0 Å². The normalized spacial score (nSPS) is 15.1. The number of methoxy groups -OCH3 is 2.